The summed E-state index contributed by atoms with van der Waals surface area (Å²) in [5.41, 5.74) is 3.44. The average molecular weight is 315 g/mol. The van der Waals surface area contributed by atoms with Crippen LogP contribution in [0.1, 0.15) is 12.5 Å². The van der Waals surface area contributed by atoms with E-state index >= 15 is 0 Å². The summed E-state index contributed by atoms with van der Waals surface area (Å²) in [7, 11) is 0. The lowest BCUT2D eigenvalue weighted by Gasteiger charge is -2.07. The Bertz CT molecular complexity index is 672. The number of carbonyl (C=O) groups is 1. The zero-order valence-corrected chi connectivity index (χ0v) is 12.8. The molecule has 0 unspecified atom stereocenters. The number of hydrogen-bond donors (Lipinski definition) is 2. The summed E-state index contributed by atoms with van der Waals surface area (Å²) in [4.78, 5) is 11.7. The van der Waals surface area contributed by atoms with Crippen LogP contribution in [0.25, 0.3) is 0 Å². The molecular formula is C17H18FN3O2. The number of nitrogens with one attached hydrogen (secondary N) is 2. The molecule has 0 aliphatic carbocycles. The van der Waals surface area contributed by atoms with E-state index in [1.807, 2.05) is 31.2 Å². The van der Waals surface area contributed by atoms with E-state index in [9.17, 15) is 9.18 Å². The molecule has 0 atom stereocenters. The van der Waals surface area contributed by atoms with Gasteiger partial charge in [0, 0.05) is 11.3 Å². The predicted octanol–water partition coefficient (Wildman–Crippen LogP) is 2.79. The normalized spacial score (nSPS) is 10.5. The van der Waals surface area contributed by atoms with Gasteiger partial charge in [-0.2, -0.15) is 5.10 Å². The van der Waals surface area contributed by atoms with E-state index < -0.39 is 5.82 Å². The molecule has 0 saturated carbocycles. The summed E-state index contributed by atoms with van der Waals surface area (Å²) in [5.74, 6) is 0.0569. The van der Waals surface area contributed by atoms with E-state index in [0.29, 0.717) is 12.2 Å². The fraction of sp³-hybridized carbons (Fsp3) is 0.176. The Morgan fingerprint density at radius 3 is 2.65 bits per heavy atom. The molecule has 2 rings (SSSR count). The van der Waals surface area contributed by atoms with Gasteiger partial charge in [0.2, 0.25) is 0 Å². The van der Waals surface area contributed by atoms with Gasteiger partial charge in [0.15, 0.2) is 0 Å². The van der Waals surface area contributed by atoms with Gasteiger partial charge in [-0.1, -0.05) is 18.2 Å². The molecule has 0 saturated heterocycles. The van der Waals surface area contributed by atoms with Gasteiger partial charge in [0.05, 0.1) is 19.4 Å². The molecule has 23 heavy (non-hydrogen) atoms. The van der Waals surface area contributed by atoms with Crippen LogP contribution in [0.3, 0.4) is 0 Å². The van der Waals surface area contributed by atoms with Crippen LogP contribution in [0.15, 0.2) is 53.6 Å². The number of hydrogen-bond acceptors (Lipinski definition) is 4. The first-order chi connectivity index (χ1) is 11.2. The number of hydrazone groups is 1. The van der Waals surface area contributed by atoms with Crippen molar-refractivity contribution in [3.8, 4) is 5.75 Å². The minimum atomic E-state index is -0.391. The largest absolute Gasteiger partial charge is 0.494 e. The minimum Gasteiger partial charge on any atom is -0.494 e. The lowest BCUT2D eigenvalue weighted by atomic mass is 10.2. The summed E-state index contributed by atoms with van der Waals surface area (Å²) in [6.45, 7) is 2.58. The van der Waals surface area contributed by atoms with Crippen molar-refractivity contribution in [2.75, 3.05) is 18.5 Å². The van der Waals surface area contributed by atoms with Crippen LogP contribution >= 0.6 is 0 Å². The Labute approximate surface area is 134 Å². The first-order valence-electron chi connectivity index (χ1n) is 7.22. The van der Waals surface area contributed by atoms with E-state index in [-0.39, 0.29) is 12.5 Å². The first-order valence-corrected chi connectivity index (χ1v) is 7.22. The summed E-state index contributed by atoms with van der Waals surface area (Å²) in [6.07, 6.45) is 1.27. The highest BCUT2D eigenvalue weighted by Gasteiger charge is 2.01. The molecule has 0 aliphatic heterocycles. The Balaban J connectivity index is 1.78. The Morgan fingerprint density at radius 2 is 1.96 bits per heavy atom. The summed E-state index contributed by atoms with van der Waals surface area (Å²) in [6, 6.07) is 13.5. The zero-order valence-electron chi connectivity index (χ0n) is 12.8. The second-order valence-electron chi connectivity index (χ2n) is 4.63. The van der Waals surface area contributed by atoms with Crippen molar-refractivity contribution in [2.24, 2.45) is 5.10 Å². The highest BCUT2D eigenvalue weighted by Crippen LogP contribution is 2.15. The Kier molecular flexibility index (Phi) is 6.11. The second-order valence-corrected chi connectivity index (χ2v) is 4.63. The average Bonchev–Trinajstić information content (AvgIpc) is 2.56. The van der Waals surface area contributed by atoms with Crippen LogP contribution in [-0.4, -0.2) is 25.3 Å². The molecule has 2 aromatic rings. The highest BCUT2D eigenvalue weighted by atomic mass is 19.1. The number of ether oxygens (including phenoxy) is 1. The van der Waals surface area contributed by atoms with Gasteiger partial charge in [-0.15, -0.1) is 0 Å². The van der Waals surface area contributed by atoms with Crippen LogP contribution in [0.5, 0.6) is 5.75 Å². The van der Waals surface area contributed by atoms with Crippen molar-refractivity contribution in [1.82, 2.24) is 5.43 Å². The first kappa shape index (κ1) is 16.5. The van der Waals surface area contributed by atoms with Crippen LogP contribution in [0.4, 0.5) is 10.1 Å². The third-order valence-corrected chi connectivity index (χ3v) is 2.92. The number of halogens is 1. The molecule has 0 spiro atoms. The molecule has 0 radical (unpaired) electrons. The van der Waals surface area contributed by atoms with Gasteiger partial charge in [0.25, 0.3) is 5.91 Å². The number of benzene rings is 2. The van der Waals surface area contributed by atoms with Crippen LogP contribution in [0, 0.1) is 5.82 Å². The van der Waals surface area contributed by atoms with Crippen LogP contribution in [0.2, 0.25) is 0 Å². The fourth-order valence-electron chi connectivity index (χ4n) is 1.81. The maximum atomic E-state index is 13.3. The van der Waals surface area contributed by atoms with Crippen molar-refractivity contribution in [3.63, 3.8) is 0 Å². The van der Waals surface area contributed by atoms with E-state index in [0.717, 1.165) is 11.4 Å². The third kappa shape index (κ3) is 5.43. The van der Waals surface area contributed by atoms with Crippen molar-refractivity contribution in [2.45, 2.75) is 6.92 Å². The van der Waals surface area contributed by atoms with Gasteiger partial charge in [0.1, 0.15) is 11.6 Å². The maximum Gasteiger partial charge on any atom is 0.259 e. The van der Waals surface area contributed by atoms with Gasteiger partial charge >= 0.3 is 0 Å². The molecule has 2 N–H and O–H groups in total. The molecule has 1 amide bonds. The van der Waals surface area contributed by atoms with Crippen molar-refractivity contribution in [1.29, 1.82) is 0 Å². The lowest BCUT2D eigenvalue weighted by molar-refractivity contribution is -0.119. The van der Waals surface area contributed by atoms with Crippen molar-refractivity contribution < 1.29 is 13.9 Å². The van der Waals surface area contributed by atoms with E-state index in [1.165, 1.54) is 12.3 Å². The zero-order chi connectivity index (χ0) is 16.5. The van der Waals surface area contributed by atoms with E-state index in [1.54, 1.807) is 18.2 Å². The smallest absolute Gasteiger partial charge is 0.259 e. The van der Waals surface area contributed by atoms with Crippen molar-refractivity contribution >= 4 is 17.8 Å². The molecule has 5 nitrogen and oxygen atoms in total. The number of nitrogens with zero attached hydrogens (tertiary/aromatic N) is 1. The monoisotopic (exact) mass is 315 g/mol. The number of amides is 1. The number of anilines is 1. The Hall–Kier alpha value is -2.89. The third-order valence-electron chi connectivity index (χ3n) is 2.92. The van der Waals surface area contributed by atoms with Gasteiger partial charge < -0.3 is 10.1 Å². The van der Waals surface area contributed by atoms with Gasteiger partial charge in [-0.05, 0) is 37.3 Å². The molecule has 120 valence electrons. The summed E-state index contributed by atoms with van der Waals surface area (Å²) in [5, 5.41) is 6.69. The predicted molar refractivity (Wildman–Crippen MR) is 88.2 cm³/mol. The Morgan fingerprint density at radius 1 is 1.22 bits per heavy atom. The highest BCUT2D eigenvalue weighted by molar-refractivity contribution is 5.84. The van der Waals surface area contributed by atoms with E-state index in [4.69, 9.17) is 4.74 Å². The summed E-state index contributed by atoms with van der Waals surface area (Å²) < 4.78 is 18.7. The van der Waals surface area contributed by atoms with Crippen molar-refractivity contribution in [3.05, 3.63) is 59.9 Å². The second kappa shape index (κ2) is 8.53. The number of rotatable bonds is 7. The molecule has 6 heteroatoms. The fourth-order valence-corrected chi connectivity index (χ4v) is 1.81. The lowest BCUT2D eigenvalue weighted by Crippen LogP contribution is -2.25. The summed E-state index contributed by atoms with van der Waals surface area (Å²) >= 11 is 0. The molecule has 0 heterocycles. The quantitative estimate of drug-likeness (QED) is 0.610. The molecule has 0 fully saturated rings. The van der Waals surface area contributed by atoms with Gasteiger partial charge in [-0.3, -0.25) is 4.79 Å². The number of carbonyl (C=O) groups excluding carboxylic acids is 1. The standard InChI is InChI=1S/C17H18FN3O2/c1-2-23-15-9-7-14(8-10-15)19-12-17(22)21-20-11-13-5-3-4-6-16(13)18/h3-11,19H,2,12H2,1H3,(H,21,22)/b20-11-. The topological polar surface area (TPSA) is 62.7 Å². The van der Waals surface area contributed by atoms with Crippen LogP contribution in [-0.2, 0) is 4.79 Å². The van der Waals surface area contributed by atoms with Gasteiger partial charge in [-0.25, -0.2) is 9.82 Å². The molecular weight excluding hydrogens is 297 g/mol. The SMILES string of the molecule is CCOc1ccc(NCC(=O)N/N=C\c2ccccc2F)cc1. The van der Waals surface area contributed by atoms with E-state index in [2.05, 4.69) is 15.8 Å². The maximum absolute atomic E-state index is 13.3. The van der Waals surface area contributed by atoms with Crippen LogP contribution < -0.4 is 15.5 Å². The molecule has 0 aromatic heterocycles. The molecule has 0 bridgehead atoms. The molecule has 0 aliphatic rings. The molecule has 2 aromatic carbocycles. The minimum absolute atomic E-state index is 0.0581.